The van der Waals surface area contributed by atoms with Crippen LogP contribution in [0.5, 0.6) is 0 Å². The van der Waals surface area contributed by atoms with Gasteiger partial charge in [-0.3, -0.25) is 30.6 Å². The van der Waals surface area contributed by atoms with Crippen LogP contribution in [0.4, 0.5) is 0 Å². The quantitative estimate of drug-likeness (QED) is 0.454. The summed E-state index contributed by atoms with van der Waals surface area (Å²) >= 11 is 0. The Kier molecular flexibility index (Phi) is 5.44. The lowest BCUT2D eigenvalue weighted by molar-refractivity contribution is -0.144. The Morgan fingerprint density at radius 1 is 1.25 bits per heavy atom. The highest BCUT2D eigenvalue weighted by Crippen LogP contribution is 2.08. The van der Waals surface area contributed by atoms with E-state index in [2.05, 4.69) is 16.2 Å². The lowest BCUT2D eigenvalue weighted by Gasteiger charge is -2.24. The largest absolute Gasteiger partial charge is 0.480 e. The molecule has 0 aliphatic rings. The number of hydrazine groups is 1. The van der Waals surface area contributed by atoms with Crippen LogP contribution in [0.3, 0.4) is 0 Å². The fourth-order valence-electron chi connectivity index (χ4n) is 0.829. The first-order chi connectivity index (χ1) is 7.31. The summed E-state index contributed by atoms with van der Waals surface area (Å²) in [5.41, 5.74) is 3.08. The third-order valence-corrected chi connectivity index (χ3v) is 2.20. The summed E-state index contributed by atoms with van der Waals surface area (Å²) < 4.78 is 0. The molecule has 0 aromatic rings. The lowest BCUT2D eigenvalue weighted by atomic mass is 9.99. The second kappa shape index (κ2) is 6.06. The van der Waals surface area contributed by atoms with Gasteiger partial charge in [0.25, 0.3) is 5.91 Å². The fraction of sp³-hybridized carbons (Fsp3) is 0.667. The van der Waals surface area contributed by atoms with E-state index >= 15 is 0 Å². The zero-order valence-corrected chi connectivity index (χ0v) is 9.59. The van der Waals surface area contributed by atoms with Crippen LogP contribution in [0.1, 0.15) is 27.2 Å². The van der Waals surface area contributed by atoms with Crippen LogP contribution in [0, 0.1) is 0 Å². The molecule has 0 heterocycles. The zero-order chi connectivity index (χ0) is 12.8. The number of carboxylic acids is 1. The lowest BCUT2D eigenvalue weighted by Crippen LogP contribution is -2.54. The highest BCUT2D eigenvalue weighted by molar-refractivity contribution is 5.83. The van der Waals surface area contributed by atoms with Crippen molar-refractivity contribution in [3.63, 3.8) is 0 Å². The predicted octanol–water partition coefficient (Wildman–Crippen LogP) is -1.00. The van der Waals surface area contributed by atoms with Gasteiger partial charge >= 0.3 is 5.97 Å². The van der Waals surface area contributed by atoms with E-state index < -0.39 is 23.3 Å². The van der Waals surface area contributed by atoms with Crippen molar-refractivity contribution in [3.05, 3.63) is 0 Å². The maximum Gasteiger partial charge on any atom is 0.323 e. The Labute approximate surface area is 93.6 Å². The summed E-state index contributed by atoms with van der Waals surface area (Å²) in [6.45, 7) is 4.26. The zero-order valence-electron chi connectivity index (χ0n) is 9.59. The molecular weight excluding hydrogens is 214 g/mol. The van der Waals surface area contributed by atoms with Gasteiger partial charge in [0.05, 0.1) is 6.54 Å². The van der Waals surface area contributed by atoms with E-state index in [4.69, 9.17) is 5.11 Å². The van der Waals surface area contributed by atoms with Crippen molar-refractivity contribution in [3.8, 4) is 0 Å². The number of nitrogens with one attached hydrogen (secondary N) is 3. The van der Waals surface area contributed by atoms with Gasteiger partial charge in [0.1, 0.15) is 5.54 Å². The maximum atomic E-state index is 11.2. The Morgan fingerprint density at radius 2 is 1.81 bits per heavy atom. The van der Waals surface area contributed by atoms with Crippen LogP contribution in [0.2, 0.25) is 0 Å². The van der Waals surface area contributed by atoms with E-state index in [-0.39, 0.29) is 6.54 Å². The second-order valence-electron chi connectivity index (χ2n) is 3.57. The minimum atomic E-state index is -1.15. The molecule has 0 radical (unpaired) electrons. The van der Waals surface area contributed by atoms with Gasteiger partial charge in [0.2, 0.25) is 5.91 Å². The molecule has 0 rings (SSSR count). The molecule has 16 heavy (non-hydrogen) atoms. The first-order valence-electron chi connectivity index (χ1n) is 4.85. The third kappa shape index (κ3) is 4.74. The smallest absolute Gasteiger partial charge is 0.323 e. The number of hydrogen-bond donors (Lipinski definition) is 4. The third-order valence-electron chi connectivity index (χ3n) is 2.20. The molecule has 0 fully saturated rings. The van der Waals surface area contributed by atoms with Gasteiger partial charge in [-0.15, -0.1) is 0 Å². The van der Waals surface area contributed by atoms with Crippen LogP contribution in [-0.4, -0.2) is 35.0 Å². The molecule has 1 atom stereocenters. The van der Waals surface area contributed by atoms with Crippen molar-refractivity contribution in [2.75, 3.05) is 6.54 Å². The van der Waals surface area contributed by atoms with Crippen molar-refractivity contribution in [1.82, 2.24) is 16.2 Å². The maximum absolute atomic E-state index is 11.2. The molecule has 0 aromatic heterocycles. The summed E-state index contributed by atoms with van der Waals surface area (Å²) in [6.07, 6.45) is 0.343. The number of carbonyl (C=O) groups excluding carboxylic acids is 2. The summed E-state index contributed by atoms with van der Waals surface area (Å²) in [5, 5.41) is 11.5. The molecule has 0 spiro atoms. The van der Waals surface area contributed by atoms with E-state index in [9.17, 15) is 14.4 Å². The monoisotopic (exact) mass is 231 g/mol. The van der Waals surface area contributed by atoms with Gasteiger partial charge < -0.3 is 5.11 Å². The van der Waals surface area contributed by atoms with Crippen molar-refractivity contribution >= 4 is 17.8 Å². The fourth-order valence-corrected chi connectivity index (χ4v) is 0.829. The average molecular weight is 231 g/mol. The molecular formula is C9H17N3O4. The Hall–Kier alpha value is -1.63. The van der Waals surface area contributed by atoms with Gasteiger partial charge in [0.15, 0.2) is 0 Å². The Balaban J connectivity index is 4.08. The van der Waals surface area contributed by atoms with Gasteiger partial charge in [-0.2, -0.15) is 0 Å². The van der Waals surface area contributed by atoms with Crippen LogP contribution < -0.4 is 16.2 Å². The molecule has 7 nitrogen and oxygen atoms in total. The van der Waals surface area contributed by atoms with E-state index in [0.717, 1.165) is 0 Å². The van der Waals surface area contributed by atoms with E-state index in [1.54, 1.807) is 6.92 Å². The molecule has 2 amide bonds. The summed E-state index contributed by atoms with van der Waals surface area (Å²) in [5.74, 6) is -1.93. The highest BCUT2D eigenvalue weighted by Gasteiger charge is 2.30. The molecule has 7 heteroatoms. The number of carboxylic acid groups (broad SMARTS) is 1. The number of amides is 2. The number of carbonyl (C=O) groups is 3. The standard InChI is InChI=1S/C9H17N3O4/c1-4-9(3,8(15)16)10-5-7(14)12-11-6(2)13/h10H,4-5H2,1-3H3,(H,11,13)(H,12,14)(H,15,16). The number of aliphatic carboxylic acids is 1. The molecule has 92 valence electrons. The minimum absolute atomic E-state index is 0.184. The average Bonchev–Trinajstić information content (AvgIpc) is 2.22. The van der Waals surface area contributed by atoms with E-state index in [1.165, 1.54) is 13.8 Å². The molecule has 0 aromatic carbocycles. The van der Waals surface area contributed by atoms with Gasteiger partial charge in [-0.05, 0) is 13.3 Å². The van der Waals surface area contributed by atoms with Crippen LogP contribution in [0.25, 0.3) is 0 Å². The van der Waals surface area contributed by atoms with Gasteiger partial charge in [-0.25, -0.2) is 0 Å². The van der Waals surface area contributed by atoms with Crippen LogP contribution in [0.15, 0.2) is 0 Å². The summed E-state index contributed by atoms with van der Waals surface area (Å²) in [4.78, 5) is 32.5. The normalized spacial score (nSPS) is 13.7. The first kappa shape index (κ1) is 14.4. The van der Waals surface area contributed by atoms with Gasteiger partial charge in [0, 0.05) is 6.92 Å². The predicted molar refractivity (Wildman–Crippen MR) is 56.3 cm³/mol. The molecule has 4 N–H and O–H groups in total. The van der Waals surface area contributed by atoms with Crippen LogP contribution in [-0.2, 0) is 14.4 Å². The Bertz CT molecular complexity index is 292. The second-order valence-corrected chi connectivity index (χ2v) is 3.57. The molecule has 0 aliphatic carbocycles. The SMILES string of the molecule is CCC(C)(NCC(=O)NNC(C)=O)C(=O)O. The first-order valence-corrected chi connectivity index (χ1v) is 4.85. The molecule has 0 saturated heterocycles. The molecule has 0 aliphatic heterocycles. The van der Waals surface area contributed by atoms with Crippen molar-refractivity contribution in [1.29, 1.82) is 0 Å². The van der Waals surface area contributed by atoms with Gasteiger partial charge in [-0.1, -0.05) is 6.92 Å². The van der Waals surface area contributed by atoms with E-state index in [1.807, 2.05) is 0 Å². The van der Waals surface area contributed by atoms with Crippen molar-refractivity contribution in [2.45, 2.75) is 32.7 Å². The Morgan fingerprint density at radius 3 is 2.19 bits per heavy atom. The summed E-state index contributed by atoms with van der Waals surface area (Å²) in [6, 6.07) is 0. The minimum Gasteiger partial charge on any atom is -0.480 e. The topological polar surface area (TPSA) is 108 Å². The van der Waals surface area contributed by atoms with Crippen molar-refractivity contribution in [2.24, 2.45) is 0 Å². The molecule has 1 unspecified atom stereocenters. The van der Waals surface area contributed by atoms with Crippen LogP contribution >= 0.6 is 0 Å². The number of rotatable bonds is 5. The van der Waals surface area contributed by atoms with Crippen molar-refractivity contribution < 1.29 is 19.5 Å². The van der Waals surface area contributed by atoms with E-state index in [0.29, 0.717) is 6.42 Å². The highest BCUT2D eigenvalue weighted by atomic mass is 16.4. The summed E-state index contributed by atoms with van der Waals surface area (Å²) in [7, 11) is 0. The molecule has 0 saturated carbocycles. The molecule has 0 bridgehead atoms. The number of hydrogen-bond acceptors (Lipinski definition) is 4.